The van der Waals surface area contributed by atoms with Crippen molar-refractivity contribution in [2.75, 3.05) is 17.8 Å². The maximum atomic E-state index is 11.9. The number of halogens is 1. The molecule has 0 saturated carbocycles. The summed E-state index contributed by atoms with van der Waals surface area (Å²) in [6.45, 7) is 6.80. The highest BCUT2D eigenvalue weighted by Gasteiger charge is 2.19. The number of hydrogen-bond acceptors (Lipinski definition) is 4. The summed E-state index contributed by atoms with van der Waals surface area (Å²) in [7, 11) is 0. The Labute approximate surface area is 181 Å². The minimum absolute atomic E-state index is 0.0590. The van der Waals surface area contributed by atoms with Crippen LogP contribution in [-0.4, -0.2) is 29.3 Å². The molecule has 2 aromatic carbocycles. The Kier molecular flexibility index (Phi) is 6.86. The molecular weight excluding hydrogens is 402 g/mol. The minimum Gasteiger partial charge on any atom is -0.491 e. The fraction of sp³-hybridized carbons (Fsp3) is 0.304. The highest BCUT2D eigenvalue weighted by molar-refractivity contribution is 6.18. The number of fused-ring (bicyclic) bond motifs is 1. The number of aryl methyl sites for hydroxylation is 1. The number of carbonyl (C=O) groups excluding carboxylic acids is 1. The first-order chi connectivity index (χ1) is 14.5. The van der Waals surface area contributed by atoms with Crippen LogP contribution in [0.25, 0.3) is 22.2 Å². The molecule has 30 heavy (non-hydrogen) atoms. The number of hydrogen-bond donors (Lipinski definition) is 1. The number of alkyl halides is 1. The number of nitrogens with one attached hydrogen (secondary N) is 1. The van der Waals surface area contributed by atoms with Crippen LogP contribution in [0, 0.1) is 11.3 Å². The summed E-state index contributed by atoms with van der Waals surface area (Å²) in [4.78, 5) is 11.9. The molecule has 0 radical (unpaired) electrons. The normalized spacial score (nSPS) is 10.8. The lowest BCUT2D eigenvalue weighted by Gasteiger charge is -2.12. The van der Waals surface area contributed by atoms with E-state index in [2.05, 4.69) is 16.0 Å². The molecule has 1 amide bonds. The molecule has 1 aromatic heterocycles. The smallest absolute Gasteiger partial charge is 0.411 e. The van der Waals surface area contributed by atoms with E-state index in [9.17, 15) is 10.1 Å². The summed E-state index contributed by atoms with van der Waals surface area (Å²) in [6, 6.07) is 15.5. The highest BCUT2D eigenvalue weighted by Crippen LogP contribution is 2.36. The maximum absolute atomic E-state index is 11.9. The van der Waals surface area contributed by atoms with Crippen molar-refractivity contribution in [3.05, 3.63) is 48.0 Å². The number of nitrogens with zero attached hydrogens (tertiary/aromatic N) is 2. The Morgan fingerprint density at radius 3 is 2.73 bits per heavy atom. The number of benzene rings is 2. The molecule has 3 rings (SSSR count). The van der Waals surface area contributed by atoms with Gasteiger partial charge in [-0.15, -0.1) is 11.6 Å². The lowest BCUT2D eigenvalue weighted by atomic mass is 10.1. The van der Waals surface area contributed by atoms with Crippen LogP contribution in [0.4, 0.5) is 10.5 Å². The molecule has 0 aliphatic rings. The number of ether oxygens (including phenoxy) is 2. The van der Waals surface area contributed by atoms with E-state index >= 15 is 0 Å². The number of rotatable bonds is 7. The van der Waals surface area contributed by atoms with Gasteiger partial charge >= 0.3 is 6.09 Å². The predicted molar refractivity (Wildman–Crippen MR) is 119 cm³/mol. The van der Waals surface area contributed by atoms with Crippen LogP contribution >= 0.6 is 11.6 Å². The van der Waals surface area contributed by atoms with Crippen molar-refractivity contribution in [2.45, 2.75) is 33.4 Å². The first kappa shape index (κ1) is 21.5. The van der Waals surface area contributed by atoms with Gasteiger partial charge in [-0.25, -0.2) is 4.79 Å². The van der Waals surface area contributed by atoms with E-state index < -0.39 is 6.09 Å². The van der Waals surface area contributed by atoms with E-state index in [-0.39, 0.29) is 18.6 Å². The van der Waals surface area contributed by atoms with Crippen molar-refractivity contribution in [2.24, 2.45) is 0 Å². The number of aromatic nitrogens is 1. The Balaban J connectivity index is 2.08. The third kappa shape index (κ3) is 4.52. The predicted octanol–water partition coefficient (Wildman–Crippen LogP) is 5.77. The molecule has 3 aromatic rings. The highest BCUT2D eigenvalue weighted by atomic mass is 35.5. The Hall–Kier alpha value is -3.17. The molecule has 0 atom stereocenters. The SMILES string of the molecule is CCn1c(-c2cccc(NC(=O)OCCCl)c2)c(C#N)c2ccc(OC(C)C)cc21. The zero-order chi connectivity index (χ0) is 21.7. The second-order valence-corrected chi connectivity index (χ2v) is 7.33. The third-order valence-electron chi connectivity index (χ3n) is 4.53. The zero-order valence-electron chi connectivity index (χ0n) is 17.2. The molecule has 0 saturated heterocycles. The quantitative estimate of drug-likeness (QED) is 0.487. The summed E-state index contributed by atoms with van der Waals surface area (Å²) >= 11 is 5.55. The topological polar surface area (TPSA) is 76.3 Å². The van der Waals surface area contributed by atoms with Crippen LogP contribution in [0.15, 0.2) is 42.5 Å². The second-order valence-electron chi connectivity index (χ2n) is 6.96. The molecule has 7 heteroatoms. The zero-order valence-corrected chi connectivity index (χ0v) is 18.0. The van der Waals surface area contributed by atoms with Gasteiger partial charge in [0.05, 0.1) is 28.8 Å². The van der Waals surface area contributed by atoms with Gasteiger partial charge in [-0.2, -0.15) is 5.26 Å². The Bertz CT molecular complexity index is 1100. The van der Waals surface area contributed by atoms with Gasteiger partial charge in [0.15, 0.2) is 0 Å². The largest absolute Gasteiger partial charge is 0.491 e. The van der Waals surface area contributed by atoms with Crippen molar-refractivity contribution in [1.82, 2.24) is 4.57 Å². The van der Waals surface area contributed by atoms with Crippen LogP contribution < -0.4 is 10.1 Å². The van der Waals surface area contributed by atoms with Crippen molar-refractivity contribution < 1.29 is 14.3 Å². The van der Waals surface area contributed by atoms with Gasteiger partial charge < -0.3 is 14.0 Å². The first-order valence-corrected chi connectivity index (χ1v) is 10.3. The van der Waals surface area contributed by atoms with Crippen LogP contribution in [0.2, 0.25) is 0 Å². The average Bonchev–Trinajstić information content (AvgIpc) is 3.04. The van der Waals surface area contributed by atoms with Gasteiger partial charge in [0, 0.05) is 29.2 Å². The summed E-state index contributed by atoms with van der Waals surface area (Å²) < 4.78 is 12.9. The molecule has 6 nitrogen and oxygen atoms in total. The summed E-state index contributed by atoms with van der Waals surface area (Å²) in [5.41, 5.74) is 3.72. The molecule has 0 aliphatic carbocycles. The second kappa shape index (κ2) is 9.55. The molecular formula is C23H24ClN3O3. The van der Waals surface area contributed by atoms with Gasteiger partial charge in [-0.05, 0) is 45.0 Å². The summed E-state index contributed by atoms with van der Waals surface area (Å²) in [5.74, 6) is 0.996. The number of amides is 1. The lowest BCUT2D eigenvalue weighted by Crippen LogP contribution is -2.14. The van der Waals surface area contributed by atoms with E-state index in [4.69, 9.17) is 21.1 Å². The van der Waals surface area contributed by atoms with Gasteiger partial charge in [0.1, 0.15) is 18.4 Å². The monoisotopic (exact) mass is 425 g/mol. The number of carbonyl (C=O) groups is 1. The molecule has 1 N–H and O–H groups in total. The van der Waals surface area contributed by atoms with Crippen molar-refractivity contribution in [3.63, 3.8) is 0 Å². The number of anilines is 1. The molecule has 0 spiro atoms. The summed E-state index contributed by atoms with van der Waals surface area (Å²) in [5, 5.41) is 13.5. The van der Waals surface area contributed by atoms with E-state index in [0.29, 0.717) is 17.8 Å². The maximum Gasteiger partial charge on any atom is 0.411 e. The van der Waals surface area contributed by atoms with E-state index in [1.165, 1.54) is 0 Å². The lowest BCUT2D eigenvalue weighted by molar-refractivity contribution is 0.168. The van der Waals surface area contributed by atoms with Crippen molar-refractivity contribution >= 4 is 34.3 Å². The van der Waals surface area contributed by atoms with Gasteiger partial charge in [-0.3, -0.25) is 5.32 Å². The molecule has 0 bridgehead atoms. The van der Waals surface area contributed by atoms with Gasteiger partial charge in [0.25, 0.3) is 0 Å². The molecule has 156 valence electrons. The Morgan fingerprint density at radius 1 is 1.27 bits per heavy atom. The van der Waals surface area contributed by atoms with Crippen molar-refractivity contribution in [3.8, 4) is 23.1 Å². The third-order valence-corrected chi connectivity index (χ3v) is 4.68. The first-order valence-electron chi connectivity index (χ1n) is 9.81. The van der Waals surface area contributed by atoms with E-state index in [1.807, 2.05) is 57.2 Å². The molecule has 0 fully saturated rings. The van der Waals surface area contributed by atoms with Gasteiger partial charge in [-0.1, -0.05) is 12.1 Å². The van der Waals surface area contributed by atoms with Crippen LogP contribution in [0.1, 0.15) is 26.3 Å². The fourth-order valence-electron chi connectivity index (χ4n) is 3.45. The molecule has 0 unspecified atom stereocenters. The van der Waals surface area contributed by atoms with Crippen LogP contribution in [0.3, 0.4) is 0 Å². The Morgan fingerprint density at radius 2 is 2.07 bits per heavy atom. The van der Waals surface area contributed by atoms with Crippen molar-refractivity contribution in [1.29, 1.82) is 5.26 Å². The number of nitriles is 1. The standard InChI is InChI=1S/C23H24ClN3O3/c1-4-27-21-13-18(30-15(2)3)8-9-19(21)20(14-25)22(27)16-6-5-7-17(12-16)26-23(28)29-11-10-24/h5-9,12-13,15H,4,10-11H2,1-3H3,(H,26,28). The molecule has 0 aliphatic heterocycles. The van der Waals surface area contributed by atoms with Crippen LogP contribution in [0.5, 0.6) is 5.75 Å². The van der Waals surface area contributed by atoms with E-state index in [1.54, 1.807) is 6.07 Å². The van der Waals surface area contributed by atoms with Crippen LogP contribution in [-0.2, 0) is 11.3 Å². The fourth-order valence-corrected chi connectivity index (χ4v) is 3.52. The minimum atomic E-state index is -0.570. The molecule has 1 heterocycles. The summed E-state index contributed by atoms with van der Waals surface area (Å²) in [6.07, 6.45) is -0.511. The van der Waals surface area contributed by atoms with E-state index in [0.717, 1.165) is 27.9 Å². The van der Waals surface area contributed by atoms with Gasteiger partial charge in [0.2, 0.25) is 0 Å². The average molecular weight is 426 g/mol.